The third kappa shape index (κ3) is 2.21. The van der Waals surface area contributed by atoms with Gasteiger partial charge in [0, 0.05) is 6.54 Å². The number of carbonyl (C=O) groups excluding carboxylic acids is 1. The minimum absolute atomic E-state index is 0.0546. The van der Waals surface area contributed by atoms with Gasteiger partial charge in [-0.3, -0.25) is 4.79 Å². The molecular formula is C12H13NO5S. The van der Waals surface area contributed by atoms with Gasteiger partial charge in [0.1, 0.15) is 0 Å². The lowest BCUT2D eigenvalue weighted by Gasteiger charge is -2.29. The number of nitrogens with zero attached hydrogens (tertiary/aromatic N) is 1. The zero-order chi connectivity index (χ0) is 14.4. The van der Waals surface area contributed by atoms with Gasteiger partial charge < -0.3 is 10.0 Å². The zero-order valence-corrected chi connectivity index (χ0v) is 11.3. The lowest BCUT2D eigenvalue weighted by Crippen LogP contribution is -2.43. The highest BCUT2D eigenvalue weighted by molar-refractivity contribution is 7.91. The summed E-state index contributed by atoms with van der Waals surface area (Å²) in [4.78, 5) is 23.5. The van der Waals surface area contributed by atoms with Crippen molar-refractivity contribution in [3.05, 3.63) is 23.3 Å². The van der Waals surface area contributed by atoms with E-state index >= 15 is 0 Å². The number of carbonyl (C=O) groups is 2. The van der Waals surface area contributed by atoms with E-state index < -0.39 is 21.7 Å². The van der Waals surface area contributed by atoms with E-state index in [1.165, 1.54) is 6.07 Å². The largest absolute Gasteiger partial charge is 0.474 e. The first kappa shape index (κ1) is 13.5. The molecule has 0 aliphatic carbocycles. The fourth-order valence-electron chi connectivity index (χ4n) is 2.30. The maximum absolute atomic E-state index is 12.1. The van der Waals surface area contributed by atoms with Gasteiger partial charge in [-0.25, -0.2) is 13.2 Å². The molecule has 0 aromatic heterocycles. The van der Waals surface area contributed by atoms with E-state index in [2.05, 4.69) is 0 Å². The van der Waals surface area contributed by atoms with Gasteiger partial charge in [0.15, 0.2) is 9.84 Å². The summed E-state index contributed by atoms with van der Waals surface area (Å²) in [6.07, 6.45) is 0. The van der Waals surface area contributed by atoms with E-state index in [-0.39, 0.29) is 22.9 Å². The van der Waals surface area contributed by atoms with Crippen LogP contribution in [-0.2, 0) is 19.4 Å². The van der Waals surface area contributed by atoms with Gasteiger partial charge >= 0.3 is 11.9 Å². The molecule has 1 aromatic rings. The lowest BCUT2D eigenvalue weighted by molar-refractivity contribution is -0.148. The van der Waals surface area contributed by atoms with Crippen LogP contribution in [0.5, 0.6) is 0 Å². The highest BCUT2D eigenvalue weighted by Gasteiger charge is 2.35. The summed E-state index contributed by atoms with van der Waals surface area (Å²) in [6, 6.07) is 3.23. The molecule has 0 fully saturated rings. The third-order valence-electron chi connectivity index (χ3n) is 3.01. The number of fused-ring (bicyclic) bond motifs is 1. The predicted molar refractivity (Wildman–Crippen MR) is 68.0 cm³/mol. The minimum atomic E-state index is -3.47. The SMILES string of the molecule is Cc1cc(C)c2c(c1)N(C(=O)C(=O)O)CCS2(=O)=O. The molecule has 2 rings (SSSR count). The lowest BCUT2D eigenvalue weighted by atomic mass is 10.1. The van der Waals surface area contributed by atoms with Crippen molar-refractivity contribution in [1.82, 2.24) is 0 Å². The molecule has 1 aliphatic heterocycles. The molecule has 1 N–H and O–H groups in total. The summed E-state index contributed by atoms with van der Waals surface area (Å²) in [5.74, 6) is -2.96. The molecule has 0 bridgehead atoms. The molecule has 0 saturated heterocycles. The second-order valence-electron chi connectivity index (χ2n) is 4.51. The fraction of sp³-hybridized carbons (Fsp3) is 0.333. The van der Waals surface area contributed by atoms with E-state index in [0.717, 1.165) is 10.5 Å². The van der Waals surface area contributed by atoms with E-state index in [0.29, 0.717) is 5.56 Å². The van der Waals surface area contributed by atoms with Gasteiger partial charge in [-0.2, -0.15) is 0 Å². The van der Waals surface area contributed by atoms with Crippen LogP contribution >= 0.6 is 0 Å². The van der Waals surface area contributed by atoms with Crippen molar-refractivity contribution in [3.63, 3.8) is 0 Å². The molecule has 0 atom stereocenters. The number of rotatable bonds is 0. The summed E-state index contributed by atoms with van der Waals surface area (Å²) >= 11 is 0. The van der Waals surface area contributed by atoms with E-state index in [4.69, 9.17) is 5.11 Å². The zero-order valence-electron chi connectivity index (χ0n) is 10.5. The van der Waals surface area contributed by atoms with Crippen molar-refractivity contribution in [1.29, 1.82) is 0 Å². The quantitative estimate of drug-likeness (QED) is 0.700. The number of sulfone groups is 1. The Morgan fingerprint density at radius 3 is 2.47 bits per heavy atom. The first-order valence-corrected chi connectivity index (χ1v) is 7.28. The highest BCUT2D eigenvalue weighted by atomic mass is 32.2. The number of amides is 1. The predicted octanol–water partition coefficient (Wildman–Crippen LogP) is 0.508. The van der Waals surface area contributed by atoms with Crippen LogP contribution < -0.4 is 4.90 Å². The van der Waals surface area contributed by atoms with Crippen LogP contribution in [0.3, 0.4) is 0 Å². The molecule has 6 nitrogen and oxygen atoms in total. The van der Waals surface area contributed by atoms with Crippen molar-refractivity contribution < 1.29 is 23.1 Å². The summed E-state index contributed by atoms with van der Waals surface area (Å²) in [7, 11) is -3.47. The molecular weight excluding hydrogens is 270 g/mol. The normalized spacial score (nSPS) is 16.8. The minimum Gasteiger partial charge on any atom is -0.474 e. The Labute approximate surface area is 110 Å². The Hall–Kier alpha value is -1.89. The van der Waals surface area contributed by atoms with Crippen LogP contribution in [0.25, 0.3) is 0 Å². The van der Waals surface area contributed by atoms with Gasteiger partial charge in [0.05, 0.1) is 16.3 Å². The Morgan fingerprint density at radius 2 is 1.89 bits per heavy atom. The number of hydrogen-bond donors (Lipinski definition) is 1. The van der Waals surface area contributed by atoms with Crippen LogP contribution in [-0.4, -0.2) is 37.7 Å². The van der Waals surface area contributed by atoms with Crippen molar-refractivity contribution in [2.45, 2.75) is 18.7 Å². The number of benzene rings is 1. The van der Waals surface area contributed by atoms with E-state index in [9.17, 15) is 18.0 Å². The number of anilines is 1. The van der Waals surface area contributed by atoms with Crippen LogP contribution in [0.4, 0.5) is 5.69 Å². The molecule has 0 radical (unpaired) electrons. The van der Waals surface area contributed by atoms with Crippen LogP contribution in [0.1, 0.15) is 11.1 Å². The average Bonchev–Trinajstić information content (AvgIpc) is 2.26. The second kappa shape index (κ2) is 4.34. The maximum atomic E-state index is 12.1. The monoisotopic (exact) mass is 283 g/mol. The van der Waals surface area contributed by atoms with Crippen LogP contribution in [0.2, 0.25) is 0 Å². The van der Waals surface area contributed by atoms with E-state index in [1.807, 2.05) is 0 Å². The summed E-state index contributed by atoms with van der Waals surface area (Å²) in [5.41, 5.74) is 1.46. The Kier molecular flexibility index (Phi) is 3.09. The molecule has 1 aromatic carbocycles. The fourth-order valence-corrected chi connectivity index (χ4v) is 3.96. The second-order valence-corrected chi connectivity index (χ2v) is 6.56. The van der Waals surface area contributed by atoms with Gasteiger partial charge in [0.2, 0.25) is 0 Å². The van der Waals surface area contributed by atoms with Gasteiger partial charge in [0.25, 0.3) is 0 Å². The highest BCUT2D eigenvalue weighted by Crippen LogP contribution is 2.34. The van der Waals surface area contributed by atoms with Crippen LogP contribution in [0.15, 0.2) is 17.0 Å². The topological polar surface area (TPSA) is 91.8 Å². The molecule has 19 heavy (non-hydrogen) atoms. The van der Waals surface area contributed by atoms with Gasteiger partial charge in [-0.1, -0.05) is 6.07 Å². The number of hydrogen-bond acceptors (Lipinski definition) is 4. The Morgan fingerprint density at radius 1 is 1.26 bits per heavy atom. The number of carboxylic acids is 1. The van der Waals surface area contributed by atoms with E-state index in [1.54, 1.807) is 19.9 Å². The van der Waals surface area contributed by atoms with Crippen LogP contribution in [0, 0.1) is 13.8 Å². The average molecular weight is 283 g/mol. The summed E-state index contributed by atoms with van der Waals surface area (Å²) < 4.78 is 24.1. The molecule has 102 valence electrons. The molecule has 1 aliphatic rings. The van der Waals surface area contributed by atoms with Crippen molar-refractivity contribution >= 4 is 27.4 Å². The summed E-state index contributed by atoms with van der Waals surface area (Å²) in [6.45, 7) is 3.26. The Balaban J connectivity index is 2.71. The molecule has 0 saturated carbocycles. The van der Waals surface area contributed by atoms with Crippen molar-refractivity contribution in [2.24, 2.45) is 0 Å². The van der Waals surface area contributed by atoms with Gasteiger partial charge in [-0.15, -0.1) is 0 Å². The number of aliphatic carboxylic acids is 1. The van der Waals surface area contributed by atoms with Crippen molar-refractivity contribution in [3.8, 4) is 0 Å². The molecule has 1 heterocycles. The first-order chi connectivity index (χ1) is 8.74. The number of aryl methyl sites for hydroxylation is 2. The molecule has 0 unspecified atom stereocenters. The third-order valence-corrected chi connectivity index (χ3v) is 4.89. The number of carboxylic acid groups (broad SMARTS) is 1. The first-order valence-electron chi connectivity index (χ1n) is 5.63. The molecule has 0 spiro atoms. The smallest absolute Gasteiger partial charge is 0.394 e. The molecule has 1 amide bonds. The molecule has 7 heteroatoms. The standard InChI is InChI=1S/C12H13NO5S/c1-7-5-8(2)10-9(6-7)13(11(14)12(15)16)3-4-19(10,17)18/h5-6H,3-4H2,1-2H3,(H,15,16). The Bertz CT molecular complexity index is 678. The maximum Gasteiger partial charge on any atom is 0.394 e. The summed E-state index contributed by atoms with van der Waals surface area (Å²) in [5, 5.41) is 8.79. The van der Waals surface area contributed by atoms with Gasteiger partial charge in [-0.05, 0) is 31.0 Å². The van der Waals surface area contributed by atoms with Crippen molar-refractivity contribution in [2.75, 3.05) is 17.2 Å².